The molecule has 0 heterocycles. The molecule has 0 bridgehead atoms. The van der Waals surface area contributed by atoms with E-state index in [2.05, 4.69) is 0 Å². The normalized spacial score (nSPS) is 11.8. The van der Waals surface area contributed by atoms with Crippen LogP contribution in [0.1, 0.15) is 25.0 Å². The first-order valence-electron chi connectivity index (χ1n) is 7.46. The van der Waals surface area contributed by atoms with E-state index in [1.54, 1.807) is 6.26 Å². The second-order valence-corrected chi connectivity index (χ2v) is 6.88. The summed E-state index contributed by atoms with van der Waals surface area (Å²) in [4.78, 5) is 18.3. The van der Waals surface area contributed by atoms with Gasteiger partial charge in [-0.05, 0) is 19.4 Å². The number of phosphoric ester groups is 1. The van der Waals surface area contributed by atoms with Crippen molar-refractivity contribution in [3.05, 3.63) is 83.6 Å². The summed E-state index contributed by atoms with van der Waals surface area (Å²) in [6, 6.07) is 18.5. The molecular weight excluding hydrogens is 327 g/mol. The van der Waals surface area contributed by atoms with Gasteiger partial charge >= 0.3 is 7.82 Å². The van der Waals surface area contributed by atoms with Gasteiger partial charge in [-0.1, -0.05) is 60.7 Å². The van der Waals surface area contributed by atoms with Gasteiger partial charge in [0, 0.05) is 11.1 Å². The Morgan fingerprint density at radius 1 is 1.00 bits per heavy atom. The van der Waals surface area contributed by atoms with E-state index >= 15 is 0 Å². The van der Waals surface area contributed by atoms with Crippen LogP contribution in [-0.2, 0) is 19.4 Å². The summed E-state index contributed by atoms with van der Waals surface area (Å²) in [5.74, 6) is 0. The molecule has 0 aliphatic carbocycles. The van der Waals surface area contributed by atoms with Crippen LogP contribution in [0.5, 0.6) is 0 Å². The number of phosphoric acid groups is 1. The molecule has 128 valence electrons. The Labute approximate surface area is 141 Å². The molecule has 6 heteroatoms. The summed E-state index contributed by atoms with van der Waals surface area (Å²) in [7, 11) is -4.65. The minimum Gasteiger partial charge on any atom is -0.483 e. The largest absolute Gasteiger partial charge is 0.483 e. The molecule has 0 aromatic heterocycles. The molecule has 2 rings (SSSR count). The highest BCUT2D eigenvalue weighted by molar-refractivity contribution is 7.46. The van der Waals surface area contributed by atoms with Crippen LogP contribution in [0.2, 0.25) is 0 Å². The maximum atomic E-state index is 11.3. The maximum absolute atomic E-state index is 11.3. The average Bonchev–Trinajstić information content (AvgIpc) is 2.56. The van der Waals surface area contributed by atoms with Crippen LogP contribution in [0.4, 0.5) is 0 Å². The zero-order chi connectivity index (χ0) is 17.6. The summed E-state index contributed by atoms with van der Waals surface area (Å²) >= 11 is 0. The SMILES string of the molecule is CC(C)=COC(COP(=O)(O)O)(c1ccccc1)c1ccccc1. The first-order chi connectivity index (χ1) is 11.3. The van der Waals surface area contributed by atoms with Gasteiger partial charge in [0.2, 0.25) is 0 Å². The van der Waals surface area contributed by atoms with Crippen LogP contribution in [0, 0.1) is 0 Å². The molecule has 2 aromatic carbocycles. The lowest BCUT2D eigenvalue weighted by molar-refractivity contribution is 0.000926. The van der Waals surface area contributed by atoms with Crippen molar-refractivity contribution in [1.29, 1.82) is 0 Å². The van der Waals surface area contributed by atoms with E-state index in [0.717, 1.165) is 16.7 Å². The second kappa shape index (κ2) is 7.77. The van der Waals surface area contributed by atoms with Crippen molar-refractivity contribution in [2.45, 2.75) is 19.4 Å². The standard InChI is InChI=1S/C18H21O5P/c1-15(2)13-22-18(14-23-24(19,20)21,16-9-5-3-6-10-16)17-11-7-4-8-12-17/h3-13H,14H2,1-2H3,(H2,19,20,21). The van der Waals surface area contributed by atoms with E-state index in [4.69, 9.17) is 9.26 Å². The van der Waals surface area contributed by atoms with Gasteiger partial charge in [0.25, 0.3) is 0 Å². The molecule has 0 radical (unpaired) electrons. The van der Waals surface area contributed by atoms with Gasteiger partial charge in [-0.15, -0.1) is 0 Å². The highest BCUT2D eigenvalue weighted by Crippen LogP contribution is 2.42. The Kier molecular flexibility index (Phi) is 5.97. The van der Waals surface area contributed by atoms with Crippen LogP contribution in [0.3, 0.4) is 0 Å². The van der Waals surface area contributed by atoms with Crippen molar-refractivity contribution in [2.75, 3.05) is 6.61 Å². The van der Waals surface area contributed by atoms with Gasteiger partial charge in [-0.2, -0.15) is 0 Å². The van der Waals surface area contributed by atoms with Gasteiger partial charge in [0.15, 0.2) is 5.60 Å². The lowest BCUT2D eigenvalue weighted by atomic mass is 9.87. The van der Waals surface area contributed by atoms with Crippen LogP contribution in [0.15, 0.2) is 72.5 Å². The summed E-state index contributed by atoms with van der Waals surface area (Å²) < 4.78 is 22.2. The fraction of sp³-hybridized carbons (Fsp3) is 0.222. The quantitative estimate of drug-likeness (QED) is 0.585. The highest BCUT2D eigenvalue weighted by atomic mass is 31.2. The first-order valence-corrected chi connectivity index (χ1v) is 8.99. The van der Waals surface area contributed by atoms with E-state index in [1.807, 2.05) is 74.5 Å². The van der Waals surface area contributed by atoms with Crippen molar-refractivity contribution >= 4 is 7.82 Å². The van der Waals surface area contributed by atoms with Gasteiger partial charge in [0.05, 0.1) is 6.26 Å². The van der Waals surface area contributed by atoms with Crippen LogP contribution in [-0.4, -0.2) is 16.4 Å². The van der Waals surface area contributed by atoms with Gasteiger partial charge in [-0.25, -0.2) is 4.57 Å². The molecule has 2 aromatic rings. The number of rotatable bonds is 7. The predicted molar refractivity (Wildman–Crippen MR) is 92.2 cm³/mol. The lowest BCUT2D eigenvalue weighted by Crippen LogP contribution is -2.35. The molecule has 0 saturated carbocycles. The first kappa shape index (κ1) is 18.4. The third-order valence-corrected chi connectivity index (χ3v) is 3.88. The van der Waals surface area contributed by atoms with E-state index in [-0.39, 0.29) is 6.61 Å². The van der Waals surface area contributed by atoms with Crippen molar-refractivity contribution < 1.29 is 23.6 Å². The molecular formula is C18H21O5P. The Balaban J connectivity index is 2.58. The van der Waals surface area contributed by atoms with Gasteiger partial charge < -0.3 is 14.5 Å². The number of ether oxygens (including phenoxy) is 1. The molecule has 0 unspecified atom stereocenters. The number of allylic oxidation sites excluding steroid dienone is 1. The van der Waals surface area contributed by atoms with Crippen molar-refractivity contribution in [2.24, 2.45) is 0 Å². The molecule has 24 heavy (non-hydrogen) atoms. The smallest absolute Gasteiger partial charge is 0.469 e. The van der Waals surface area contributed by atoms with Crippen molar-refractivity contribution in [3.8, 4) is 0 Å². The molecule has 0 aliphatic heterocycles. The molecule has 0 fully saturated rings. The van der Waals surface area contributed by atoms with Gasteiger partial charge in [0.1, 0.15) is 6.61 Å². The third kappa shape index (κ3) is 4.79. The summed E-state index contributed by atoms with van der Waals surface area (Å²) in [6.07, 6.45) is 1.57. The third-order valence-electron chi connectivity index (χ3n) is 3.41. The van der Waals surface area contributed by atoms with E-state index in [1.165, 1.54) is 0 Å². The monoisotopic (exact) mass is 348 g/mol. The Bertz CT molecular complexity index is 678. The predicted octanol–water partition coefficient (Wildman–Crippen LogP) is 3.98. The van der Waals surface area contributed by atoms with Crippen molar-refractivity contribution in [3.63, 3.8) is 0 Å². The molecule has 0 aliphatic rings. The molecule has 2 N–H and O–H groups in total. The molecule has 5 nitrogen and oxygen atoms in total. The lowest BCUT2D eigenvalue weighted by Gasteiger charge is -2.34. The Morgan fingerprint density at radius 2 is 1.46 bits per heavy atom. The minimum atomic E-state index is -4.65. The zero-order valence-electron chi connectivity index (χ0n) is 13.6. The average molecular weight is 348 g/mol. The van der Waals surface area contributed by atoms with Crippen molar-refractivity contribution in [1.82, 2.24) is 0 Å². The number of hydrogen-bond acceptors (Lipinski definition) is 3. The van der Waals surface area contributed by atoms with E-state index in [9.17, 15) is 14.4 Å². The molecule has 0 spiro atoms. The summed E-state index contributed by atoms with van der Waals surface area (Å²) in [5.41, 5.74) is 1.23. The summed E-state index contributed by atoms with van der Waals surface area (Å²) in [6.45, 7) is 3.43. The molecule has 0 saturated heterocycles. The van der Waals surface area contributed by atoms with E-state index in [0.29, 0.717) is 0 Å². The zero-order valence-corrected chi connectivity index (χ0v) is 14.5. The van der Waals surface area contributed by atoms with Gasteiger partial charge in [-0.3, -0.25) is 4.52 Å². The number of hydrogen-bond donors (Lipinski definition) is 2. The fourth-order valence-corrected chi connectivity index (χ4v) is 2.66. The van der Waals surface area contributed by atoms with E-state index < -0.39 is 13.4 Å². The molecule has 0 amide bonds. The topological polar surface area (TPSA) is 76.0 Å². The highest BCUT2D eigenvalue weighted by Gasteiger charge is 2.38. The van der Waals surface area contributed by atoms with Crippen LogP contribution in [0.25, 0.3) is 0 Å². The minimum absolute atomic E-state index is 0.324. The fourth-order valence-electron chi connectivity index (χ4n) is 2.31. The molecule has 0 atom stereocenters. The maximum Gasteiger partial charge on any atom is 0.469 e. The Morgan fingerprint density at radius 3 is 1.83 bits per heavy atom. The van der Waals surface area contributed by atoms with Crippen LogP contribution < -0.4 is 0 Å². The second-order valence-electron chi connectivity index (χ2n) is 5.64. The summed E-state index contributed by atoms with van der Waals surface area (Å²) in [5, 5.41) is 0. The Hall–Kier alpha value is -1.91. The van der Waals surface area contributed by atoms with Crippen LogP contribution >= 0.6 is 7.82 Å². The number of benzene rings is 2.